The number of nitrogens with zero attached hydrogens (tertiary/aromatic N) is 9. The van der Waals surface area contributed by atoms with Crippen LogP contribution in [-0.4, -0.2) is 43.6 Å². The van der Waals surface area contributed by atoms with E-state index in [-0.39, 0.29) is 0 Å². The van der Waals surface area contributed by atoms with Gasteiger partial charge in [0.25, 0.3) is 0 Å². The molecule has 0 aliphatic carbocycles. The van der Waals surface area contributed by atoms with Crippen molar-refractivity contribution in [2.45, 2.75) is 0 Å². The van der Waals surface area contributed by atoms with Gasteiger partial charge in [-0.25, -0.2) is 29.9 Å². The molecule has 0 unspecified atom stereocenters. The summed E-state index contributed by atoms with van der Waals surface area (Å²) in [6, 6.07) is 75.3. The zero-order chi connectivity index (χ0) is 45.7. The molecule has 0 saturated heterocycles. The second-order valence-corrected chi connectivity index (χ2v) is 16.8. The third kappa shape index (κ3) is 6.96. The molecule has 324 valence electrons. The lowest BCUT2D eigenvalue weighted by atomic mass is 10.0. The molecule has 0 aliphatic heterocycles. The molecular weight excluding hydrogens is 847 g/mol. The van der Waals surface area contributed by atoms with E-state index in [1.54, 1.807) is 0 Å². The maximum Gasteiger partial charge on any atom is 0.164 e. The Morgan fingerprint density at radius 2 is 0.638 bits per heavy atom. The predicted octanol–water partition coefficient (Wildman–Crippen LogP) is 13.9. The zero-order valence-electron chi connectivity index (χ0n) is 37.0. The maximum absolute atomic E-state index is 5.43. The minimum absolute atomic E-state index is 0.715. The average molecular weight is 886 g/mol. The Balaban J connectivity index is 1.12. The van der Waals surface area contributed by atoms with E-state index >= 15 is 0 Å². The molecule has 0 N–H and O–H groups in total. The lowest BCUT2D eigenvalue weighted by Crippen LogP contribution is -2.04. The van der Waals surface area contributed by atoms with Gasteiger partial charge < -0.3 is 0 Å². The van der Waals surface area contributed by atoms with Crippen molar-refractivity contribution in [2.24, 2.45) is 0 Å². The van der Waals surface area contributed by atoms with Gasteiger partial charge in [0.15, 0.2) is 16.9 Å². The van der Waals surface area contributed by atoms with Gasteiger partial charge in [-0.3, -0.25) is 13.7 Å². The third-order valence-electron chi connectivity index (χ3n) is 12.6. The van der Waals surface area contributed by atoms with Crippen molar-refractivity contribution in [1.29, 1.82) is 0 Å². The predicted molar refractivity (Wildman–Crippen MR) is 276 cm³/mol. The fourth-order valence-electron chi connectivity index (χ4n) is 9.55. The van der Waals surface area contributed by atoms with Crippen LogP contribution in [0.3, 0.4) is 0 Å². The SMILES string of the molecule is c1ccc(-c2cccc(-n3c(-c4cc(-c5nc6cccnc6n5-c5ccccc5-c5ccccc5)cc(-c5nc6cccnc6n5-c5ccccc5-c5ccccc5)c4)nc4cccnc43)c2)cc1. The lowest BCUT2D eigenvalue weighted by molar-refractivity contribution is 1.06. The number of rotatable bonds is 9. The van der Waals surface area contributed by atoms with Gasteiger partial charge in [0.2, 0.25) is 0 Å². The highest BCUT2D eigenvalue weighted by Crippen LogP contribution is 2.41. The molecule has 69 heavy (non-hydrogen) atoms. The van der Waals surface area contributed by atoms with E-state index < -0.39 is 0 Å². The van der Waals surface area contributed by atoms with Crippen LogP contribution in [0.4, 0.5) is 0 Å². The highest BCUT2D eigenvalue weighted by Gasteiger charge is 2.25. The van der Waals surface area contributed by atoms with Gasteiger partial charge in [0, 0.05) is 52.1 Å². The van der Waals surface area contributed by atoms with Crippen molar-refractivity contribution in [3.8, 4) is 84.6 Å². The molecule has 0 spiro atoms. The molecule has 6 heterocycles. The molecule has 0 aliphatic rings. The second kappa shape index (κ2) is 16.7. The van der Waals surface area contributed by atoms with Gasteiger partial charge >= 0.3 is 0 Å². The molecule has 13 rings (SSSR count). The smallest absolute Gasteiger partial charge is 0.164 e. The molecular formula is C60H39N9. The van der Waals surface area contributed by atoms with Gasteiger partial charge in [0.05, 0.1) is 11.4 Å². The van der Waals surface area contributed by atoms with Gasteiger partial charge in [-0.1, -0.05) is 140 Å². The van der Waals surface area contributed by atoms with Gasteiger partial charge in [-0.05, 0) is 101 Å². The first-order valence-corrected chi connectivity index (χ1v) is 22.9. The van der Waals surface area contributed by atoms with Crippen LogP contribution < -0.4 is 0 Å². The van der Waals surface area contributed by atoms with Gasteiger partial charge in [-0.2, -0.15) is 0 Å². The summed E-state index contributed by atoms with van der Waals surface area (Å²) in [5, 5.41) is 0. The number of para-hydroxylation sites is 2. The summed E-state index contributed by atoms with van der Waals surface area (Å²) in [7, 11) is 0. The Kier molecular flexibility index (Phi) is 9.61. The van der Waals surface area contributed by atoms with E-state index in [1.165, 1.54) is 0 Å². The van der Waals surface area contributed by atoms with Crippen LogP contribution in [0.5, 0.6) is 0 Å². The standard InChI is InChI=1S/C60H39N9/c1-4-18-40(19-5-1)43-24-14-25-47(39-43)67-55(64-50-28-15-33-61-58(50)67)44-36-45(56-65-51-29-16-34-62-59(51)68(56)53-31-12-10-26-48(53)41-20-6-2-7-21-41)38-46(37-44)57-66-52-30-17-35-63-60(52)69(57)54-32-13-11-27-49(54)42-22-8-3-9-23-42/h1-39H. The van der Waals surface area contributed by atoms with Crippen LogP contribution in [-0.2, 0) is 0 Å². The van der Waals surface area contributed by atoms with Crippen LogP contribution in [0.15, 0.2) is 237 Å². The van der Waals surface area contributed by atoms with E-state index in [4.69, 9.17) is 29.9 Å². The summed E-state index contributed by atoms with van der Waals surface area (Å²) >= 11 is 0. The van der Waals surface area contributed by atoms with E-state index in [9.17, 15) is 0 Å². The summed E-state index contributed by atoms with van der Waals surface area (Å²) in [5.74, 6) is 2.15. The Morgan fingerprint density at radius 1 is 0.261 bits per heavy atom. The first-order chi connectivity index (χ1) is 34.2. The normalized spacial score (nSPS) is 11.5. The highest BCUT2D eigenvalue weighted by atomic mass is 15.2. The Hall–Kier alpha value is -9.60. The lowest BCUT2D eigenvalue weighted by Gasteiger charge is -2.17. The summed E-state index contributed by atoms with van der Waals surface area (Å²) in [6.45, 7) is 0. The zero-order valence-corrected chi connectivity index (χ0v) is 37.0. The van der Waals surface area contributed by atoms with E-state index in [0.29, 0.717) is 17.5 Å². The van der Waals surface area contributed by atoms with Crippen LogP contribution in [0.1, 0.15) is 0 Å². The van der Waals surface area contributed by atoms with Crippen molar-refractivity contribution < 1.29 is 0 Å². The minimum Gasteiger partial charge on any atom is -0.277 e. The number of fused-ring (bicyclic) bond motifs is 3. The first kappa shape index (κ1) is 39.7. The molecule has 9 heteroatoms. The molecule has 0 amide bonds. The quantitative estimate of drug-likeness (QED) is 0.143. The van der Waals surface area contributed by atoms with Crippen LogP contribution >= 0.6 is 0 Å². The number of benzene rings is 7. The van der Waals surface area contributed by atoms with Crippen molar-refractivity contribution >= 4 is 33.5 Å². The van der Waals surface area contributed by atoms with E-state index in [2.05, 4.69) is 177 Å². The number of hydrogen-bond acceptors (Lipinski definition) is 6. The first-order valence-electron chi connectivity index (χ1n) is 22.9. The molecule has 0 saturated carbocycles. The van der Waals surface area contributed by atoms with Crippen molar-refractivity contribution in [1.82, 2.24) is 43.6 Å². The van der Waals surface area contributed by atoms with Crippen LogP contribution in [0.2, 0.25) is 0 Å². The number of hydrogen-bond donors (Lipinski definition) is 0. The van der Waals surface area contributed by atoms with Crippen LogP contribution in [0, 0.1) is 0 Å². The summed E-state index contributed by atoms with van der Waals surface area (Å²) in [5.41, 5.74) is 16.4. The van der Waals surface area contributed by atoms with E-state index in [1.807, 2.05) is 73.2 Å². The summed E-state index contributed by atoms with van der Waals surface area (Å²) < 4.78 is 6.53. The topological polar surface area (TPSA) is 92.1 Å². The number of imidazole rings is 3. The summed E-state index contributed by atoms with van der Waals surface area (Å²) in [4.78, 5) is 31.2. The monoisotopic (exact) mass is 885 g/mol. The molecule has 6 aromatic heterocycles. The summed E-state index contributed by atoms with van der Waals surface area (Å²) in [6.07, 6.45) is 5.48. The van der Waals surface area contributed by atoms with Gasteiger partial charge in [0.1, 0.15) is 34.0 Å². The van der Waals surface area contributed by atoms with E-state index in [0.717, 1.165) is 101 Å². The van der Waals surface area contributed by atoms with Crippen molar-refractivity contribution in [3.63, 3.8) is 0 Å². The number of aromatic nitrogens is 9. The minimum atomic E-state index is 0.715. The average Bonchev–Trinajstić information content (AvgIpc) is 4.14. The van der Waals surface area contributed by atoms with Crippen LogP contribution in [0.25, 0.3) is 118 Å². The van der Waals surface area contributed by atoms with Crippen molar-refractivity contribution in [3.05, 3.63) is 237 Å². The molecule has 0 atom stereocenters. The fraction of sp³-hybridized carbons (Fsp3) is 0. The Morgan fingerprint density at radius 3 is 1.10 bits per heavy atom. The fourth-order valence-corrected chi connectivity index (χ4v) is 9.55. The Labute approximate surface area is 397 Å². The maximum atomic E-state index is 5.43. The second-order valence-electron chi connectivity index (χ2n) is 16.8. The molecule has 0 fully saturated rings. The van der Waals surface area contributed by atoms with Crippen molar-refractivity contribution in [2.75, 3.05) is 0 Å². The highest BCUT2D eigenvalue weighted by molar-refractivity contribution is 5.90. The molecule has 13 aromatic rings. The molecule has 0 bridgehead atoms. The molecule has 7 aromatic carbocycles. The Bertz CT molecular complexity index is 3840. The van der Waals surface area contributed by atoms with Gasteiger partial charge in [-0.15, -0.1) is 0 Å². The molecule has 9 nitrogen and oxygen atoms in total. The third-order valence-corrected chi connectivity index (χ3v) is 12.6. The largest absolute Gasteiger partial charge is 0.277 e. The molecule has 0 radical (unpaired) electrons. The number of pyridine rings is 3.